The van der Waals surface area contributed by atoms with E-state index in [-0.39, 0.29) is 18.2 Å². The highest BCUT2D eigenvalue weighted by molar-refractivity contribution is 6.01. The van der Waals surface area contributed by atoms with Gasteiger partial charge in [-0.3, -0.25) is 19.8 Å². The van der Waals surface area contributed by atoms with Crippen LogP contribution in [0.4, 0.5) is 10.5 Å². The number of nitrogens with one attached hydrogen (secondary N) is 3. The van der Waals surface area contributed by atoms with Crippen LogP contribution in [0.3, 0.4) is 0 Å². The second-order valence-corrected chi connectivity index (χ2v) is 8.51. The van der Waals surface area contributed by atoms with Crippen LogP contribution in [0.1, 0.15) is 16.9 Å². The molecule has 1 fully saturated rings. The fourth-order valence-corrected chi connectivity index (χ4v) is 4.27. The summed E-state index contributed by atoms with van der Waals surface area (Å²) in [5.74, 6) is 0.801. The number of carbonyl (C=O) groups is 3. The van der Waals surface area contributed by atoms with Crippen molar-refractivity contribution in [2.75, 3.05) is 51.3 Å². The minimum atomic E-state index is -0.597. The maximum Gasteiger partial charge on any atom is 0.325 e. The van der Waals surface area contributed by atoms with Crippen LogP contribution >= 0.6 is 0 Å². The molecule has 0 aliphatic carbocycles. The van der Waals surface area contributed by atoms with Gasteiger partial charge < -0.3 is 24.7 Å². The first-order chi connectivity index (χ1) is 17.0. The van der Waals surface area contributed by atoms with Crippen LogP contribution in [0.25, 0.3) is 10.9 Å². The number of para-hydroxylation sites is 1. The van der Waals surface area contributed by atoms with Gasteiger partial charge in [0, 0.05) is 61.8 Å². The molecule has 4 amide bonds. The highest BCUT2D eigenvalue weighted by Crippen LogP contribution is 2.32. The zero-order valence-corrected chi connectivity index (χ0v) is 19.2. The number of hydrogen-bond acceptors (Lipinski definition) is 6. The zero-order chi connectivity index (χ0) is 24.2. The molecule has 10 heteroatoms. The van der Waals surface area contributed by atoms with Crippen LogP contribution < -0.4 is 20.1 Å². The van der Waals surface area contributed by atoms with Crippen molar-refractivity contribution >= 4 is 34.4 Å². The number of nitrogens with zero attached hydrogens (tertiary/aromatic N) is 2. The summed E-state index contributed by atoms with van der Waals surface area (Å²) < 4.78 is 11.0. The van der Waals surface area contributed by atoms with Gasteiger partial charge in [-0.2, -0.15) is 0 Å². The topological polar surface area (TPSA) is 116 Å². The third-order valence-electron chi connectivity index (χ3n) is 6.13. The van der Waals surface area contributed by atoms with E-state index < -0.39 is 6.03 Å². The molecule has 2 aliphatic rings. The lowest BCUT2D eigenvalue weighted by Gasteiger charge is -2.34. The van der Waals surface area contributed by atoms with Crippen molar-refractivity contribution in [3.05, 3.63) is 54.2 Å². The summed E-state index contributed by atoms with van der Waals surface area (Å²) in [5, 5.41) is 6.00. The molecule has 3 aromatic rings. The molecule has 10 nitrogen and oxygen atoms in total. The number of carbonyl (C=O) groups excluding carboxylic acids is 3. The van der Waals surface area contributed by atoms with Crippen LogP contribution in [0.15, 0.2) is 48.5 Å². The standard InChI is InChI=1S/C25H27N5O5/c31-23(28-25(33)26-18-5-6-21-22(16-18)35-14-13-34-21)7-8-29-9-11-30(12-10-29)24(32)20-15-17-3-1-2-4-19(17)27-20/h1-6,15-16,27H,7-14H2,(H2,26,28,31,33). The summed E-state index contributed by atoms with van der Waals surface area (Å²) in [6.45, 7) is 3.96. The number of fused-ring (bicyclic) bond motifs is 2. The summed E-state index contributed by atoms with van der Waals surface area (Å²) >= 11 is 0. The molecular weight excluding hydrogens is 450 g/mol. The third kappa shape index (κ3) is 5.38. The number of urea groups is 1. The summed E-state index contributed by atoms with van der Waals surface area (Å²) in [6, 6.07) is 14.2. The van der Waals surface area contributed by atoms with Crippen molar-refractivity contribution in [3.63, 3.8) is 0 Å². The molecule has 0 radical (unpaired) electrons. The van der Waals surface area contributed by atoms with Crippen LogP contribution in [0.2, 0.25) is 0 Å². The van der Waals surface area contributed by atoms with Gasteiger partial charge in [0.05, 0.1) is 0 Å². The van der Waals surface area contributed by atoms with Crippen LogP contribution in [0, 0.1) is 0 Å². The van der Waals surface area contributed by atoms with Gasteiger partial charge in [0.15, 0.2) is 11.5 Å². The summed E-state index contributed by atoms with van der Waals surface area (Å²) in [5.41, 5.74) is 2.04. The highest BCUT2D eigenvalue weighted by Gasteiger charge is 2.24. The van der Waals surface area contributed by atoms with Gasteiger partial charge in [0.2, 0.25) is 5.91 Å². The zero-order valence-electron chi connectivity index (χ0n) is 19.2. The van der Waals surface area contributed by atoms with Crippen molar-refractivity contribution < 1.29 is 23.9 Å². The van der Waals surface area contributed by atoms with Gasteiger partial charge in [0.25, 0.3) is 5.91 Å². The SMILES string of the molecule is O=C(CCN1CCN(C(=O)c2cc3ccccc3[nH]2)CC1)NC(=O)Nc1ccc2c(c1)OCCO2. The van der Waals surface area contributed by atoms with Crippen molar-refractivity contribution in [3.8, 4) is 11.5 Å². The largest absolute Gasteiger partial charge is 0.486 e. The maximum absolute atomic E-state index is 12.8. The first-order valence-corrected chi connectivity index (χ1v) is 11.6. The van der Waals surface area contributed by atoms with E-state index in [1.54, 1.807) is 18.2 Å². The summed E-state index contributed by atoms with van der Waals surface area (Å²) in [7, 11) is 0. The van der Waals surface area contributed by atoms with Crippen molar-refractivity contribution in [1.82, 2.24) is 20.1 Å². The molecule has 0 saturated carbocycles. The Kier molecular flexibility index (Phi) is 6.53. The van der Waals surface area contributed by atoms with E-state index >= 15 is 0 Å². The molecule has 35 heavy (non-hydrogen) atoms. The Hall–Kier alpha value is -4.05. The number of aromatic amines is 1. The molecule has 2 aliphatic heterocycles. The van der Waals surface area contributed by atoms with E-state index in [0.717, 1.165) is 10.9 Å². The van der Waals surface area contributed by atoms with Crippen molar-refractivity contribution in [2.45, 2.75) is 6.42 Å². The normalized spacial score (nSPS) is 15.6. The molecule has 0 spiro atoms. The Morgan fingerprint density at radius 1 is 0.914 bits per heavy atom. The minimum absolute atomic E-state index is 0.0191. The molecule has 182 valence electrons. The Morgan fingerprint density at radius 2 is 1.69 bits per heavy atom. The first kappa shape index (κ1) is 22.7. The quantitative estimate of drug-likeness (QED) is 0.520. The molecule has 0 bridgehead atoms. The molecule has 1 saturated heterocycles. The molecule has 2 aromatic carbocycles. The first-order valence-electron chi connectivity index (χ1n) is 11.6. The number of piperazine rings is 1. The molecular formula is C25H27N5O5. The lowest BCUT2D eigenvalue weighted by molar-refractivity contribution is -0.120. The van der Waals surface area contributed by atoms with Gasteiger partial charge in [0.1, 0.15) is 18.9 Å². The molecule has 3 N–H and O–H groups in total. The van der Waals surface area contributed by atoms with Crippen LogP contribution in [-0.4, -0.2) is 78.6 Å². The molecule has 0 unspecified atom stereocenters. The van der Waals surface area contributed by atoms with Gasteiger partial charge >= 0.3 is 6.03 Å². The number of hydrogen-bond donors (Lipinski definition) is 3. The Bertz CT molecular complexity index is 1220. The number of aromatic nitrogens is 1. The Morgan fingerprint density at radius 3 is 2.49 bits per heavy atom. The molecule has 1 aromatic heterocycles. The van der Waals surface area contributed by atoms with E-state index in [1.807, 2.05) is 35.2 Å². The highest BCUT2D eigenvalue weighted by atomic mass is 16.6. The van der Waals surface area contributed by atoms with E-state index in [2.05, 4.69) is 20.5 Å². The van der Waals surface area contributed by atoms with E-state index in [1.165, 1.54) is 0 Å². The van der Waals surface area contributed by atoms with Gasteiger partial charge in [-0.05, 0) is 24.3 Å². The maximum atomic E-state index is 12.8. The van der Waals surface area contributed by atoms with Crippen LogP contribution in [0.5, 0.6) is 11.5 Å². The number of imide groups is 1. The summed E-state index contributed by atoms with van der Waals surface area (Å²) in [4.78, 5) is 44.4. The van der Waals surface area contributed by atoms with Gasteiger partial charge in [-0.15, -0.1) is 0 Å². The minimum Gasteiger partial charge on any atom is -0.486 e. The van der Waals surface area contributed by atoms with E-state index in [9.17, 15) is 14.4 Å². The number of rotatable bonds is 5. The number of H-pyrrole nitrogens is 1. The fourth-order valence-electron chi connectivity index (χ4n) is 4.27. The number of anilines is 1. The number of benzene rings is 2. The molecule has 5 rings (SSSR count). The van der Waals surface area contributed by atoms with E-state index in [0.29, 0.717) is 68.8 Å². The number of ether oxygens (including phenoxy) is 2. The lowest BCUT2D eigenvalue weighted by Crippen LogP contribution is -2.49. The van der Waals surface area contributed by atoms with Crippen molar-refractivity contribution in [2.24, 2.45) is 0 Å². The van der Waals surface area contributed by atoms with E-state index in [4.69, 9.17) is 9.47 Å². The predicted molar refractivity (Wildman–Crippen MR) is 130 cm³/mol. The Balaban J connectivity index is 1.04. The Labute approximate surface area is 202 Å². The average Bonchev–Trinajstić information content (AvgIpc) is 3.32. The lowest BCUT2D eigenvalue weighted by atomic mass is 10.2. The van der Waals surface area contributed by atoms with Crippen LogP contribution in [-0.2, 0) is 4.79 Å². The predicted octanol–water partition coefficient (Wildman–Crippen LogP) is 2.44. The second kappa shape index (κ2) is 10.1. The molecule has 0 atom stereocenters. The molecule has 3 heterocycles. The average molecular weight is 478 g/mol. The second-order valence-electron chi connectivity index (χ2n) is 8.51. The van der Waals surface area contributed by atoms with Gasteiger partial charge in [-0.25, -0.2) is 4.79 Å². The third-order valence-corrected chi connectivity index (χ3v) is 6.13. The van der Waals surface area contributed by atoms with Crippen molar-refractivity contribution in [1.29, 1.82) is 0 Å². The number of amides is 4. The van der Waals surface area contributed by atoms with Gasteiger partial charge in [-0.1, -0.05) is 18.2 Å². The fraction of sp³-hybridized carbons (Fsp3) is 0.320. The smallest absolute Gasteiger partial charge is 0.325 e. The summed E-state index contributed by atoms with van der Waals surface area (Å²) in [6.07, 6.45) is 0.185. The monoisotopic (exact) mass is 477 g/mol.